The maximum atomic E-state index is 12.1. The van der Waals surface area contributed by atoms with Gasteiger partial charge in [0.05, 0.1) is 13.2 Å². The molecule has 1 heterocycles. The third kappa shape index (κ3) is 3.85. The summed E-state index contributed by atoms with van der Waals surface area (Å²) >= 11 is 0. The van der Waals surface area contributed by atoms with Crippen molar-refractivity contribution < 1.29 is 14.3 Å². The maximum Gasteiger partial charge on any atom is 0.323 e. The van der Waals surface area contributed by atoms with E-state index < -0.39 is 0 Å². The molecule has 2 unspecified atom stereocenters. The number of nitrogens with one attached hydrogen (secondary N) is 2. The maximum absolute atomic E-state index is 12.1. The van der Waals surface area contributed by atoms with Gasteiger partial charge in [0.25, 0.3) is 0 Å². The predicted molar refractivity (Wildman–Crippen MR) is 88.5 cm³/mol. The molecule has 3 rings (SSSR count). The largest absolute Gasteiger partial charge is 0.491 e. The Balaban J connectivity index is 1.60. The summed E-state index contributed by atoms with van der Waals surface area (Å²) < 4.78 is 10.6. The average Bonchev–Trinajstić information content (AvgIpc) is 2.95. The van der Waals surface area contributed by atoms with Crippen LogP contribution in [-0.2, 0) is 16.0 Å². The van der Waals surface area contributed by atoms with Crippen LogP contribution in [0.4, 0.5) is 0 Å². The first-order valence-corrected chi connectivity index (χ1v) is 8.38. The van der Waals surface area contributed by atoms with Crippen LogP contribution in [0.5, 0.6) is 5.75 Å². The summed E-state index contributed by atoms with van der Waals surface area (Å²) in [7, 11) is 1.45. The topological polar surface area (TPSA) is 59.6 Å². The number of ether oxygens (including phenoxy) is 2. The van der Waals surface area contributed by atoms with E-state index in [1.807, 2.05) is 38.1 Å². The lowest BCUT2D eigenvalue weighted by molar-refractivity contribution is -0.143. The second-order valence-corrected chi connectivity index (χ2v) is 6.77. The van der Waals surface area contributed by atoms with E-state index in [0.717, 1.165) is 24.4 Å². The second-order valence-electron chi connectivity index (χ2n) is 6.77. The van der Waals surface area contributed by atoms with E-state index in [0.29, 0.717) is 24.3 Å². The molecule has 1 aromatic carbocycles. The number of piperidine rings is 1. The Hall–Kier alpha value is -1.59. The summed E-state index contributed by atoms with van der Waals surface area (Å²) in [4.78, 5) is 12.1. The van der Waals surface area contributed by atoms with Crippen molar-refractivity contribution in [3.05, 3.63) is 29.8 Å². The van der Waals surface area contributed by atoms with E-state index in [9.17, 15) is 4.79 Å². The van der Waals surface area contributed by atoms with Gasteiger partial charge in [-0.25, -0.2) is 0 Å². The number of esters is 1. The lowest BCUT2D eigenvalue weighted by atomic mass is 10.1. The van der Waals surface area contributed by atoms with E-state index in [-0.39, 0.29) is 18.1 Å². The highest BCUT2D eigenvalue weighted by molar-refractivity contribution is 5.76. The smallest absolute Gasteiger partial charge is 0.323 e. The van der Waals surface area contributed by atoms with Crippen molar-refractivity contribution in [2.24, 2.45) is 11.8 Å². The summed E-state index contributed by atoms with van der Waals surface area (Å²) in [6.45, 7) is 6.12. The molecule has 0 bridgehead atoms. The molecule has 5 heteroatoms. The van der Waals surface area contributed by atoms with E-state index >= 15 is 0 Å². The highest BCUT2D eigenvalue weighted by atomic mass is 16.5. The Morgan fingerprint density at radius 1 is 1.26 bits per heavy atom. The van der Waals surface area contributed by atoms with Gasteiger partial charge in [0, 0.05) is 6.04 Å². The summed E-state index contributed by atoms with van der Waals surface area (Å²) in [6.07, 6.45) is 0.797. The van der Waals surface area contributed by atoms with Gasteiger partial charge < -0.3 is 20.1 Å². The minimum Gasteiger partial charge on any atom is -0.491 e. The highest BCUT2D eigenvalue weighted by Gasteiger charge is 2.53. The second kappa shape index (κ2) is 6.89. The molecule has 23 heavy (non-hydrogen) atoms. The summed E-state index contributed by atoms with van der Waals surface area (Å²) in [5, 5.41) is 6.86. The van der Waals surface area contributed by atoms with Crippen molar-refractivity contribution in [3.63, 3.8) is 0 Å². The SMILES string of the molecule is COC(=O)C(Cc1ccc(OC(C)C)cc1)NC1[C@H]2CNC[C@@H]12. The quantitative estimate of drug-likeness (QED) is 0.744. The molecule has 0 amide bonds. The Bertz CT molecular complexity index is 534. The molecular formula is C18H26N2O3. The zero-order valence-corrected chi connectivity index (χ0v) is 14.0. The van der Waals surface area contributed by atoms with Crippen LogP contribution in [0.15, 0.2) is 24.3 Å². The van der Waals surface area contributed by atoms with Gasteiger partial charge in [0.15, 0.2) is 0 Å². The lowest BCUT2D eigenvalue weighted by Gasteiger charge is -2.18. The van der Waals surface area contributed by atoms with Crippen LogP contribution >= 0.6 is 0 Å². The lowest BCUT2D eigenvalue weighted by Crippen LogP contribution is -2.43. The first-order chi connectivity index (χ1) is 11.1. The fourth-order valence-corrected chi connectivity index (χ4v) is 3.46. The van der Waals surface area contributed by atoms with Gasteiger partial charge in [-0.05, 0) is 62.9 Å². The molecule has 1 aliphatic heterocycles. The zero-order chi connectivity index (χ0) is 16.4. The number of fused-ring (bicyclic) bond motifs is 1. The van der Waals surface area contributed by atoms with Crippen LogP contribution in [-0.4, -0.2) is 44.4 Å². The molecule has 5 nitrogen and oxygen atoms in total. The standard InChI is InChI=1S/C18H26N2O3/c1-11(2)23-13-6-4-12(5-7-13)8-16(18(21)22-3)20-17-14-9-19-10-15(14)17/h4-7,11,14-17,19-20H,8-10H2,1-3H3/t14-,15+,16?,17?. The van der Waals surface area contributed by atoms with E-state index in [1.54, 1.807) is 0 Å². The summed E-state index contributed by atoms with van der Waals surface area (Å²) in [5.41, 5.74) is 1.10. The molecule has 2 N–H and O–H groups in total. The molecular weight excluding hydrogens is 292 g/mol. The molecule has 1 aliphatic carbocycles. The average molecular weight is 318 g/mol. The fourth-order valence-electron chi connectivity index (χ4n) is 3.46. The number of benzene rings is 1. The molecule has 2 aliphatic rings. The monoisotopic (exact) mass is 318 g/mol. The Kier molecular flexibility index (Phi) is 4.87. The predicted octanol–water partition coefficient (Wildman–Crippen LogP) is 1.37. The van der Waals surface area contributed by atoms with E-state index in [4.69, 9.17) is 9.47 Å². The van der Waals surface area contributed by atoms with E-state index in [1.165, 1.54) is 7.11 Å². The molecule has 1 saturated carbocycles. The van der Waals surface area contributed by atoms with Crippen molar-refractivity contribution in [3.8, 4) is 5.75 Å². The fraction of sp³-hybridized carbons (Fsp3) is 0.611. The van der Waals surface area contributed by atoms with Crippen molar-refractivity contribution in [1.29, 1.82) is 0 Å². The van der Waals surface area contributed by atoms with E-state index in [2.05, 4.69) is 10.6 Å². The Labute approximate surface area is 137 Å². The zero-order valence-electron chi connectivity index (χ0n) is 14.0. The minimum absolute atomic E-state index is 0.160. The van der Waals surface area contributed by atoms with Gasteiger partial charge in [0.2, 0.25) is 0 Å². The molecule has 2 fully saturated rings. The third-order valence-corrected chi connectivity index (χ3v) is 4.71. The van der Waals surface area contributed by atoms with Crippen LogP contribution in [0, 0.1) is 11.8 Å². The number of hydrogen-bond acceptors (Lipinski definition) is 5. The molecule has 4 atom stereocenters. The Morgan fingerprint density at radius 2 is 1.91 bits per heavy atom. The number of carbonyl (C=O) groups is 1. The number of methoxy groups -OCH3 is 1. The van der Waals surface area contributed by atoms with Gasteiger partial charge in [-0.1, -0.05) is 12.1 Å². The first kappa shape index (κ1) is 16.3. The molecule has 1 saturated heterocycles. The molecule has 0 spiro atoms. The summed E-state index contributed by atoms with van der Waals surface area (Å²) in [5.74, 6) is 2.01. The van der Waals surface area contributed by atoms with Crippen LogP contribution in [0.2, 0.25) is 0 Å². The number of hydrogen-bond donors (Lipinski definition) is 2. The van der Waals surface area contributed by atoms with Crippen LogP contribution < -0.4 is 15.4 Å². The highest BCUT2D eigenvalue weighted by Crippen LogP contribution is 2.42. The van der Waals surface area contributed by atoms with Gasteiger partial charge in [-0.3, -0.25) is 4.79 Å². The van der Waals surface area contributed by atoms with Gasteiger partial charge in [-0.15, -0.1) is 0 Å². The summed E-state index contributed by atoms with van der Waals surface area (Å²) in [6, 6.07) is 8.12. The Morgan fingerprint density at radius 3 is 2.48 bits per heavy atom. The van der Waals surface area contributed by atoms with Crippen LogP contribution in [0.1, 0.15) is 19.4 Å². The van der Waals surface area contributed by atoms with Gasteiger partial charge >= 0.3 is 5.97 Å². The number of rotatable bonds is 7. The van der Waals surface area contributed by atoms with Crippen LogP contribution in [0.3, 0.4) is 0 Å². The van der Waals surface area contributed by atoms with Crippen molar-refractivity contribution in [2.75, 3.05) is 20.2 Å². The third-order valence-electron chi connectivity index (χ3n) is 4.71. The molecule has 126 valence electrons. The molecule has 1 aromatic rings. The normalized spacial score (nSPS) is 26.7. The molecule has 0 radical (unpaired) electrons. The van der Waals surface area contributed by atoms with Crippen molar-refractivity contribution >= 4 is 5.97 Å². The van der Waals surface area contributed by atoms with Crippen molar-refractivity contribution in [1.82, 2.24) is 10.6 Å². The van der Waals surface area contributed by atoms with Gasteiger partial charge in [0.1, 0.15) is 11.8 Å². The van der Waals surface area contributed by atoms with Crippen molar-refractivity contribution in [2.45, 2.75) is 38.5 Å². The van der Waals surface area contributed by atoms with Crippen LogP contribution in [0.25, 0.3) is 0 Å². The first-order valence-electron chi connectivity index (χ1n) is 8.38. The van der Waals surface area contributed by atoms with Gasteiger partial charge in [-0.2, -0.15) is 0 Å². The number of carbonyl (C=O) groups excluding carboxylic acids is 1. The minimum atomic E-state index is -0.285. The molecule has 0 aromatic heterocycles.